The minimum atomic E-state index is -1.06. The van der Waals surface area contributed by atoms with Crippen molar-refractivity contribution in [2.24, 2.45) is 17.8 Å². The summed E-state index contributed by atoms with van der Waals surface area (Å²) < 4.78 is 0. The molecule has 1 N–H and O–H groups in total. The van der Waals surface area contributed by atoms with E-state index >= 15 is 0 Å². The first kappa shape index (κ1) is 11.5. The van der Waals surface area contributed by atoms with Gasteiger partial charge in [-0.05, 0) is 5.92 Å². The summed E-state index contributed by atoms with van der Waals surface area (Å²) >= 11 is 4.23. The molecule has 5 heteroatoms. The predicted molar refractivity (Wildman–Crippen MR) is 61.8 cm³/mol. The average Bonchev–Trinajstić information content (AvgIpc) is 2.38. The third kappa shape index (κ3) is 1.24. The molecule has 0 unspecified atom stereocenters. The molecule has 2 aliphatic rings. The summed E-state index contributed by atoms with van der Waals surface area (Å²) in [5, 5.41) is 9.07. The second-order valence-corrected chi connectivity index (χ2v) is 5.28. The van der Waals surface area contributed by atoms with Gasteiger partial charge in [0.25, 0.3) is 0 Å². The smallest absolute Gasteiger partial charge is 0.353 e. The van der Waals surface area contributed by atoms with Crippen molar-refractivity contribution in [3.8, 4) is 0 Å². The number of rotatable bonds is 2. The van der Waals surface area contributed by atoms with Crippen LogP contribution < -0.4 is 0 Å². The van der Waals surface area contributed by atoms with Crippen molar-refractivity contribution in [2.75, 3.05) is 0 Å². The Bertz CT molecular complexity index is 402. The van der Waals surface area contributed by atoms with Crippen LogP contribution in [0.15, 0.2) is 10.6 Å². The lowest BCUT2D eigenvalue weighted by Crippen LogP contribution is -2.62. The quantitative estimate of drug-likeness (QED) is 0.566. The molecule has 16 heavy (non-hydrogen) atoms. The molecular weight excluding hydrogens is 226 g/mol. The second-order valence-electron chi connectivity index (χ2n) is 4.80. The first-order valence-electron chi connectivity index (χ1n) is 5.37. The van der Waals surface area contributed by atoms with Gasteiger partial charge in [0.15, 0.2) is 0 Å². The van der Waals surface area contributed by atoms with E-state index in [4.69, 9.17) is 5.11 Å². The van der Waals surface area contributed by atoms with E-state index in [1.807, 2.05) is 20.8 Å². The fourth-order valence-corrected chi connectivity index (χ4v) is 3.07. The van der Waals surface area contributed by atoms with Gasteiger partial charge in [-0.15, -0.1) is 12.6 Å². The molecule has 1 saturated heterocycles. The van der Waals surface area contributed by atoms with Crippen LogP contribution in [0.25, 0.3) is 0 Å². The van der Waals surface area contributed by atoms with E-state index < -0.39 is 5.97 Å². The summed E-state index contributed by atoms with van der Waals surface area (Å²) in [5.41, 5.74) is 0.0720. The van der Waals surface area contributed by atoms with Gasteiger partial charge in [0.2, 0.25) is 5.91 Å². The molecule has 2 heterocycles. The summed E-state index contributed by atoms with van der Waals surface area (Å²) in [5.74, 6) is -0.929. The number of fused-ring (bicyclic) bond motifs is 1. The summed E-state index contributed by atoms with van der Waals surface area (Å²) in [6.45, 7) is 5.91. The number of carboxylic acids is 1. The molecule has 1 fully saturated rings. The van der Waals surface area contributed by atoms with Gasteiger partial charge in [-0.25, -0.2) is 4.79 Å². The molecule has 0 bridgehead atoms. The van der Waals surface area contributed by atoms with E-state index in [1.54, 1.807) is 0 Å². The molecule has 0 aliphatic carbocycles. The predicted octanol–water partition coefficient (Wildman–Crippen LogP) is 1.35. The van der Waals surface area contributed by atoms with Gasteiger partial charge in [-0.2, -0.15) is 0 Å². The first-order chi connectivity index (χ1) is 7.37. The van der Waals surface area contributed by atoms with E-state index in [-0.39, 0.29) is 35.4 Å². The van der Waals surface area contributed by atoms with Crippen molar-refractivity contribution in [3.63, 3.8) is 0 Å². The lowest BCUT2D eigenvalue weighted by atomic mass is 9.75. The van der Waals surface area contributed by atoms with E-state index in [1.165, 1.54) is 4.90 Å². The monoisotopic (exact) mass is 241 g/mol. The molecule has 0 aromatic rings. The van der Waals surface area contributed by atoms with Gasteiger partial charge >= 0.3 is 5.97 Å². The average molecular weight is 241 g/mol. The zero-order valence-electron chi connectivity index (χ0n) is 9.47. The summed E-state index contributed by atoms with van der Waals surface area (Å²) in [4.78, 5) is 24.9. The molecule has 4 nitrogen and oxygen atoms in total. The fourth-order valence-electron chi connectivity index (χ4n) is 2.72. The molecule has 0 saturated carbocycles. The number of nitrogens with zero attached hydrogens (tertiary/aromatic N) is 1. The largest absolute Gasteiger partial charge is 0.477 e. The zero-order valence-corrected chi connectivity index (χ0v) is 10.4. The Kier molecular flexibility index (Phi) is 2.53. The molecule has 0 aromatic carbocycles. The lowest BCUT2D eigenvalue weighted by Gasteiger charge is -2.47. The molecule has 0 spiro atoms. The Balaban J connectivity index is 2.36. The number of carbonyl (C=O) groups excluding carboxylic acids is 1. The summed E-state index contributed by atoms with van der Waals surface area (Å²) in [6, 6.07) is -0.00824. The van der Waals surface area contributed by atoms with Crippen LogP contribution in [0.4, 0.5) is 0 Å². The molecular formula is C11H15NO3S. The van der Waals surface area contributed by atoms with Crippen molar-refractivity contribution in [1.29, 1.82) is 0 Å². The van der Waals surface area contributed by atoms with Gasteiger partial charge in [-0.3, -0.25) is 4.79 Å². The SMILES string of the molecule is CC(C)[C@H]1C(=O)N2C(C(=O)O)=C(S)[C@H](C)[C@H]12. The normalized spacial score (nSPS) is 33.2. The van der Waals surface area contributed by atoms with Crippen molar-refractivity contribution >= 4 is 24.5 Å². The molecule has 2 rings (SSSR count). The van der Waals surface area contributed by atoms with Gasteiger partial charge in [0.05, 0.1) is 12.0 Å². The van der Waals surface area contributed by atoms with Crippen LogP contribution in [0.3, 0.4) is 0 Å². The fraction of sp³-hybridized carbons (Fsp3) is 0.636. The Hall–Kier alpha value is -0.970. The topological polar surface area (TPSA) is 57.6 Å². The Labute approximate surface area is 99.7 Å². The number of aliphatic carboxylic acids is 1. The summed E-state index contributed by atoms with van der Waals surface area (Å²) in [7, 11) is 0. The van der Waals surface area contributed by atoms with Crippen LogP contribution >= 0.6 is 12.6 Å². The molecule has 0 radical (unpaired) electrons. The van der Waals surface area contributed by atoms with Crippen molar-refractivity contribution in [1.82, 2.24) is 4.90 Å². The maximum Gasteiger partial charge on any atom is 0.353 e. The number of amides is 1. The summed E-state index contributed by atoms with van der Waals surface area (Å²) in [6.07, 6.45) is 0. The lowest BCUT2D eigenvalue weighted by molar-refractivity contribution is -0.159. The maximum atomic E-state index is 11.9. The molecule has 3 atom stereocenters. The van der Waals surface area contributed by atoms with E-state index in [2.05, 4.69) is 12.6 Å². The molecule has 1 amide bonds. The van der Waals surface area contributed by atoms with Gasteiger partial charge in [-0.1, -0.05) is 20.8 Å². The highest BCUT2D eigenvalue weighted by atomic mass is 32.1. The van der Waals surface area contributed by atoms with Crippen LogP contribution in [-0.2, 0) is 9.59 Å². The van der Waals surface area contributed by atoms with E-state index in [0.717, 1.165) is 0 Å². The second kappa shape index (κ2) is 3.52. The number of carbonyl (C=O) groups is 2. The maximum absolute atomic E-state index is 11.9. The van der Waals surface area contributed by atoms with E-state index in [0.29, 0.717) is 4.91 Å². The minimum Gasteiger partial charge on any atom is -0.477 e. The Morgan fingerprint density at radius 1 is 1.50 bits per heavy atom. The highest BCUT2D eigenvalue weighted by molar-refractivity contribution is 7.84. The number of β-lactam (4-membered cyclic amide) rings is 1. The zero-order chi connectivity index (χ0) is 12.2. The van der Waals surface area contributed by atoms with Crippen molar-refractivity contribution in [3.05, 3.63) is 10.6 Å². The molecule has 88 valence electrons. The number of hydrogen-bond acceptors (Lipinski definition) is 3. The Morgan fingerprint density at radius 2 is 2.06 bits per heavy atom. The van der Waals surface area contributed by atoms with Crippen LogP contribution in [-0.4, -0.2) is 27.9 Å². The standard InChI is InChI=1S/C11H15NO3S/c1-4(2)6-7-5(3)9(16)8(11(14)15)12(7)10(6)13/h4-7,16H,1-3H3,(H,14,15)/t5-,6-,7-/m1/s1. The molecule has 0 aromatic heterocycles. The van der Waals surface area contributed by atoms with E-state index in [9.17, 15) is 9.59 Å². The number of hydrogen-bond donors (Lipinski definition) is 2. The van der Waals surface area contributed by atoms with Crippen molar-refractivity contribution in [2.45, 2.75) is 26.8 Å². The third-order valence-electron chi connectivity index (χ3n) is 3.54. The van der Waals surface area contributed by atoms with Crippen LogP contribution in [0, 0.1) is 17.8 Å². The minimum absolute atomic E-state index is 0.00824. The van der Waals surface area contributed by atoms with Crippen LogP contribution in [0.5, 0.6) is 0 Å². The Morgan fingerprint density at radius 3 is 2.50 bits per heavy atom. The number of carboxylic acid groups (broad SMARTS) is 1. The van der Waals surface area contributed by atoms with Crippen LogP contribution in [0.2, 0.25) is 0 Å². The highest BCUT2D eigenvalue weighted by Crippen LogP contribution is 2.49. The van der Waals surface area contributed by atoms with Crippen LogP contribution in [0.1, 0.15) is 20.8 Å². The number of thiol groups is 1. The molecule has 2 aliphatic heterocycles. The highest BCUT2D eigenvalue weighted by Gasteiger charge is 2.58. The first-order valence-corrected chi connectivity index (χ1v) is 5.82. The van der Waals surface area contributed by atoms with Gasteiger partial charge in [0.1, 0.15) is 5.70 Å². The van der Waals surface area contributed by atoms with Gasteiger partial charge in [0, 0.05) is 10.8 Å². The van der Waals surface area contributed by atoms with Gasteiger partial charge < -0.3 is 10.0 Å². The van der Waals surface area contributed by atoms with Crippen molar-refractivity contribution < 1.29 is 14.7 Å². The third-order valence-corrected chi connectivity index (χ3v) is 4.16.